The number of esters is 1. The fraction of sp³-hybridized carbons (Fsp3) is 0.857. The molecule has 3 nitrogen and oxygen atoms in total. The number of carbonyl (C=O) groups is 1. The lowest BCUT2D eigenvalue weighted by atomic mass is 10.1. The van der Waals surface area contributed by atoms with E-state index in [9.17, 15) is 4.79 Å². The van der Waals surface area contributed by atoms with Crippen LogP contribution in [0.3, 0.4) is 0 Å². The summed E-state index contributed by atoms with van der Waals surface area (Å²) in [5, 5.41) is 2.06. The number of rotatable bonds is 1. The Kier molecular flexibility index (Phi) is 2.68. The summed E-state index contributed by atoms with van der Waals surface area (Å²) in [7, 11) is 1.45. The molecule has 1 fully saturated rings. The van der Waals surface area contributed by atoms with Crippen LogP contribution >= 0.6 is 0 Å². The number of carbonyl (C=O) groups excluding carboxylic acids is 1. The van der Waals surface area contributed by atoms with Gasteiger partial charge in [-0.3, -0.25) is 0 Å². The average Bonchev–Trinajstić information content (AvgIpc) is 2.05. The molecule has 2 N–H and O–H groups in total. The molecule has 1 atom stereocenters. The van der Waals surface area contributed by atoms with Gasteiger partial charge in [-0.25, -0.2) is 4.79 Å². The van der Waals surface area contributed by atoms with Gasteiger partial charge in [-0.2, -0.15) is 0 Å². The monoisotopic (exact) mass is 144 g/mol. The van der Waals surface area contributed by atoms with Gasteiger partial charge in [0.25, 0.3) is 0 Å². The Hall–Kier alpha value is -0.570. The van der Waals surface area contributed by atoms with E-state index in [0.717, 1.165) is 19.4 Å². The Morgan fingerprint density at radius 2 is 2.40 bits per heavy atom. The van der Waals surface area contributed by atoms with Crippen LogP contribution in [0.2, 0.25) is 0 Å². The third-order valence-corrected chi connectivity index (χ3v) is 1.92. The van der Waals surface area contributed by atoms with Crippen LogP contribution in [-0.2, 0) is 9.53 Å². The molecule has 0 saturated carbocycles. The zero-order valence-corrected chi connectivity index (χ0v) is 6.30. The number of piperidine rings is 1. The van der Waals surface area contributed by atoms with Crippen molar-refractivity contribution in [1.82, 2.24) is 0 Å². The Morgan fingerprint density at radius 3 is 2.90 bits per heavy atom. The Bertz CT molecular complexity index is 119. The molecule has 1 aliphatic heterocycles. The van der Waals surface area contributed by atoms with Crippen LogP contribution in [0, 0.1) is 0 Å². The molecule has 0 spiro atoms. The first-order valence-corrected chi connectivity index (χ1v) is 3.76. The molecule has 1 saturated heterocycles. The lowest BCUT2D eigenvalue weighted by Crippen LogP contribution is -2.93. The average molecular weight is 144 g/mol. The van der Waals surface area contributed by atoms with E-state index in [4.69, 9.17) is 0 Å². The van der Waals surface area contributed by atoms with E-state index < -0.39 is 0 Å². The first kappa shape index (κ1) is 7.54. The Morgan fingerprint density at radius 1 is 1.60 bits per heavy atom. The maximum Gasteiger partial charge on any atom is 0.364 e. The number of nitrogens with two attached hydrogens (primary N) is 1. The number of ether oxygens (including phenoxy) is 1. The van der Waals surface area contributed by atoms with Crippen LogP contribution in [0.5, 0.6) is 0 Å². The van der Waals surface area contributed by atoms with Crippen LogP contribution in [0.4, 0.5) is 0 Å². The third kappa shape index (κ3) is 1.70. The second-order valence-electron chi connectivity index (χ2n) is 2.65. The van der Waals surface area contributed by atoms with Gasteiger partial charge in [0.2, 0.25) is 0 Å². The van der Waals surface area contributed by atoms with Crippen molar-refractivity contribution in [3.05, 3.63) is 0 Å². The molecular formula is C7H14NO2+. The van der Waals surface area contributed by atoms with E-state index in [1.807, 2.05) is 0 Å². The van der Waals surface area contributed by atoms with E-state index >= 15 is 0 Å². The van der Waals surface area contributed by atoms with Crippen LogP contribution in [0.15, 0.2) is 0 Å². The molecule has 0 unspecified atom stereocenters. The maximum absolute atomic E-state index is 10.9. The van der Waals surface area contributed by atoms with E-state index in [0.29, 0.717) is 0 Å². The Balaban J connectivity index is 2.31. The van der Waals surface area contributed by atoms with Crippen molar-refractivity contribution in [2.75, 3.05) is 13.7 Å². The molecule has 1 aliphatic rings. The summed E-state index contributed by atoms with van der Waals surface area (Å²) in [5.74, 6) is -0.0697. The highest BCUT2D eigenvalue weighted by Gasteiger charge is 2.24. The first-order valence-electron chi connectivity index (χ1n) is 3.76. The van der Waals surface area contributed by atoms with Crippen LogP contribution < -0.4 is 5.32 Å². The normalized spacial score (nSPS) is 25.9. The van der Waals surface area contributed by atoms with Crippen molar-refractivity contribution in [1.29, 1.82) is 0 Å². The van der Waals surface area contributed by atoms with Crippen LogP contribution in [0.1, 0.15) is 19.3 Å². The highest BCUT2D eigenvalue weighted by atomic mass is 16.5. The second kappa shape index (κ2) is 3.56. The zero-order valence-electron chi connectivity index (χ0n) is 6.30. The van der Waals surface area contributed by atoms with E-state index in [1.54, 1.807) is 0 Å². The molecular weight excluding hydrogens is 130 g/mol. The molecule has 0 bridgehead atoms. The van der Waals surface area contributed by atoms with E-state index in [2.05, 4.69) is 10.1 Å². The largest absolute Gasteiger partial charge is 0.465 e. The van der Waals surface area contributed by atoms with Crippen molar-refractivity contribution < 1.29 is 14.8 Å². The molecule has 58 valence electrons. The van der Waals surface area contributed by atoms with Gasteiger partial charge in [0.05, 0.1) is 13.7 Å². The molecule has 1 rings (SSSR count). The number of quaternary nitrogens is 1. The highest BCUT2D eigenvalue weighted by molar-refractivity contribution is 5.73. The number of methoxy groups -OCH3 is 1. The van der Waals surface area contributed by atoms with Gasteiger partial charge in [-0.05, 0) is 12.8 Å². The van der Waals surface area contributed by atoms with Crippen LogP contribution in [-0.4, -0.2) is 25.7 Å². The van der Waals surface area contributed by atoms with Gasteiger partial charge in [0.15, 0.2) is 6.04 Å². The van der Waals surface area contributed by atoms with Crippen molar-refractivity contribution >= 4 is 5.97 Å². The quantitative estimate of drug-likeness (QED) is 0.493. The number of hydrogen-bond acceptors (Lipinski definition) is 2. The first-order chi connectivity index (χ1) is 4.84. The molecule has 0 aromatic heterocycles. The fourth-order valence-electron chi connectivity index (χ4n) is 1.31. The zero-order chi connectivity index (χ0) is 7.40. The summed E-state index contributed by atoms with van der Waals surface area (Å²) >= 11 is 0. The van der Waals surface area contributed by atoms with E-state index in [-0.39, 0.29) is 12.0 Å². The fourth-order valence-corrected chi connectivity index (χ4v) is 1.31. The van der Waals surface area contributed by atoms with Crippen molar-refractivity contribution in [3.63, 3.8) is 0 Å². The molecule has 0 radical (unpaired) electrons. The van der Waals surface area contributed by atoms with Gasteiger partial charge in [0.1, 0.15) is 0 Å². The van der Waals surface area contributed by atoms with Crippen molar-refractivity contribution in [2.45, 2.75) is 25.3 Å². The van der Waals surface area contributed by atoms with Gasteiger partial charge in [0, 0.05) is 6.42 Å². The minimum absolute atomic E-state index is 0.0697. The predicted molar refractivity (Wildman–Crippen MR) is 36.4 cm³/mol. The third-order valence-electron chi connectivity index (χ3n) is 1.92. The van der Waals surface area contributed by atoms with Crippen LogP contribution in [0.25, 0.3) is 0 Å². The number of hydrogen-bond donors (Lipinski definition) is 1. The lowest BCUT2D eigenvalue weighted by molar-refractivity contribution is -0.686. The molecule has 0 aromatic rings. The van der Waals surface area contributed by atoms with Crippen molar-refractivity contribution in [3.8, 4) is 0 Å². The molecule has 0 aliphatic carbocycles. The van der Waals surface area contributed by atoms with Crippen molar-refractivity contribution in [2.24, 2.45) is 0 Å². The summed E-state index contributed by atoms with van der Waals surface area (Å²) in [6.45, 7) is 1.07. The van der Waals surface area contributed by atoms with Gasteiger partial charge in [-0.15, -0.1) is 0 Å². The predicted octanol–water partition coefficient (Wildman–Crippen LogP) is -0.725. The summed E-state index contributed by atoms with van der Waals surface area (Å²) in [6, 6.07) is 0.0822. The topological polar surface area (TPSA) is 42.9 Å². The standard InChI is InChI=1S/C7H13NO2/c1-10-7(9)6-4-2-3-5-8-6/h6,8H,2-5H2,1H3/p+1/t6-/m0/s1. The summed E-state index contributed by atoms with van der Waals surface area (Å²) in [4.78, 5) is 10.9. The minimum Gasteiger partial charge on any atom is -0.465 e. The molecule has 0 amide bonds. The maximum atomic E-state index is 10.9. The molecule has 3 heteroatoms. The molecule has 1 heterocycles. The van der Waals surface area contributed by atoms with Gasteiger partial charge < -0.3 is 10.1 Å². The smallest absolute Gasteiger partial charge is 0.364 e. The Labute approximate surface area is 60.7 Å². The van der Waals surface area contributed by atoms with Gasteiger partial charge in [-0.1, -0.05) is 0 Å². The lowest BCUT2D eigenvalue weighted by Gasteiger charge is -2.17. The SMILES string of the molecule is COC(=O)[C@@H]1CCCC[NH2+]1. The van der Waals surface area contributed by atoms with E-state index in [1.165, 1.54) is 13.5 Å². The molecule has 0 aromatic carbocycles. The summed E-state index contributed by atoms with van der Waals surface area (Å²) in [5.41, 5.74) is 0. The minimum atomic E-state index is -0.0697. The summed E-state index contributed by atoms with van der Waals surface area (Å²) in [6.07, 6.45) is 3.37. The summed E-state index contributed by atoms with van der Waals surface area (Å²) < 4.78 is 4.62. The molecule has 10 heavy (non-hydrogen) atoms. The van der Waals surface area contributed by atoms with Gasteiger partial charge >= 0.3 is 5.97 Å². The highest BCUT2D eigenvalue weighted by Crippen LogP contribution is 2.01. The second-order valence-corrected chi connectivity index (χ2v) is 2.65.